The molecule has 0 aliphatic carbocycles. The Hall–Kier alpha value is -2.18. The summed E-state index contributed by atoms with van der Waals surface area (Å²) in [4.78, 5) is 12.2. The van der Waals surface area contributed by atoms with E-state index in [-0.39, 0.29) is 17.6 Å². The van der Waals surface area contributed by atoms with Gasteiger partial charge >= 0.3 is 0 Å². The van der Waals surface area contributed by atoms with Crippen LogP contribution in [0.4, 0.5) is 5.69 Å². The number of nitrogens with two attached hydrogens (primary N) is 1. The summed E-state index contributed by atoms with van der Waals surface area (Å²) in [5.41, 5.74) is 3.42. The molecular formula is C18H22N2O3S. The van der Waals surface area contributed by atoms with E-state index < -0.39 is 10.0 Å². The van der Waals surface area contributed by atoms with Crippen LogP contribution in [0.15, 0.2) is 48.5 Å². The third-order valence-electron chi connectivity index (χ3n) is 3.79. The molecule has 6 heteroatoms. The molecule has 0 saturated heterocycles. The van der Waals surface area contributed by atoms with Gasteiger partial charge in [-0.3, -0.25) is 4.79 Å². The van der Waals surface area contributed by atoms with Gasteiger partial charge in [0.1, 0.15) is 0 Å². The Labute approximate surface area is 142 Å². The summed E-state index contributed by atoms with van der Waals surface area (Å²) in [7, 11) is -3.59. The molecule has 1 atom stereocenters. The number of hydrogen-bond acceptors (Lipinski definition) is 3. The van der Waals surface area contributed by atoms with Gasteiger partial charge in [-0.15, -0.1) is 0 Å². The van der Waals surface area contributed by atoms with Gasteiger partial charge < -0.3 is 5.32 Å². The molecule has 2 aromatic carbocycles. The van der Waals surface area contributed by atoms with E-state index in [1.165, 1.54) is 0 Å². The second kappa shape index (κ2) is 7.59. The molecule has 128 valence electrons. The van der Waals surface area contributed by atoms with Gasteiger partial charge in [0, 0.05) is 12.1 Å². The fourth-order valence-corrected chi connectivity index (χ4v) is 3.36. The van der Waals surface area contributed by atoms with Crippen LogP contribution in [0.5, 0.6) is 0 Å². The molecule has 0 bridgehead atoms. The van der Waals surface area contributed by atoms with Crippen LogP contribution in [0.2, 0.25) is 0 Å². The smallest absolute Gasteiger partial charge is 0.224 e. The topological polar surface area (TPSA) is 89.3 Å². The lowest BCUT2D eigenvalue weighted by Crippen LogP contribution is -2.16. The summed E-state index contributed by atoms with van der Waals surface area (Å²) in [6, 6.07) is 14.7. The van der Waals surface area contributed by atoms with Crippen LogP contribution in [0.1, 0.15) is 36.0 Å². The molecule has 0 heterocycles. The number of aryl methyl sites for hydroxylation is 1. The van der Waals surface area contributed by atoms with Gasteiger partial charge in [0.05, 0.1) is 5.75 Å². The van der Waals surface area contributed by atoms with Crippen LogP contribution in [0, 0.1) is 6.92 Å². The van der Waals surface area contributed by atoms with E-state index in [1.807, 2.05) is 38.1 Å². The van der Waals surface area contributed by atoms with Crippen molar-refractivity contribution >= 4 is 21.6 Å². The lowest BCUT2D eigenvalue weighted by molar-refractivity contribution is -0.116. The van der Waals surface area contributed by atoms with Crippen molar-refractivity contribution < 1.29 is 13.2 Å². The highest BCUT2D eigenvalue weighted by molar-refractivity contribution is 7.88. The molecule has 3 N–H and O–H groups in total. The number of benzene rings is 2. The van der Waals surface area contributed by atoms with Crippen LogP contribution in [-0.4, -0.2) is 14.3 Å². The van der Waals surface area contributed by atoms with Gasteiger partial charge in [-0.25, -0.2) is 13.6 Å². The Kier molecular flexibility index (Phi) is 5.75. The van der Waals surface area contributed by atoms with Crippen molar-refractivity contribution in [3.05, 3.63) is 65.2 Å². The summed E-state index contributed by atoms with van der Waals surface area (Å²) in [6.45, 7) is 4.04. The highest BCUT2D eigenvalue weighted by Gasteiger charge is 2.13. The summed E-state index contributed by atoms with van der Waals surface area (Å²) < 4.78 is 22.3. The molecule has 5 nitrogen and oxygen atoms in total. The largest absolute Gasteiger partial charge is 0.326 e. The number of rotatable bonds is 6. The predicted octanol–water partition coefficient (Wildman–Crippen LogP) is 2.92. The first-order valence-corrected chi connectivity index (χ1v) is 9.41. The molecule has 24 heavy (non-hydrogen) atoms. The number of carbonyl (C=O) groups excluding carboxylic acids is 1. The van der Waals surface area contributed by atoms with Gasteiger partial charge in [0.2, 0.25) is 15.9 Å². The van der Waals surface area contributed by atoms with Crippen LogP contribution in [0.3, 0.4) is 0 Å². The van der Waals surface area contributed by atoms with Crippen LogP contribution >= 0.6 is 0 Å². The van der Waals surface area contributed by atoms with E-state index in [0.717, 1.165) is 11.1 Å². The SMILES string of the molecule is Cc1ccccc1[C@H](C)CC(=O)Nc1cccc(CS(N)(=O)=O)c1. The van der Waals surface area contributed by atoms with Crippen molar-refractivity contribution in [2.45, 2.75) is 31.9 Å². The molecule has 2 rings (SSSR count). The molecule has 1 amide bonds. The van der Waals surface area contributed by atoms with Crippen molar-refractivity contribution in [3.63, 3.8) is 0 Å². The Morgan fingerprint density at radius 1 is 1.17 bits per heavy atom. The van der Waals surface area contributed by atoms with E-state index in [2.05, 4.69) is 5.32 Å². The maximum absolute atomic E-state index is 12.2. The molecule has 2 aromatic rings. The quantitative estimate of drug-likeness (QED) is 0.843. The predicted molar refractivity (Wildman–Crippen MR) is 96.1 cm³/mol. The van der Waals surface area contributed by atoms with Gasteiger partial charge in [0.25, 0.3) is 0 Å². The van der Waals surface area contributed by atoms with E-state index in [1.54, 1.807) is 24.3 Å². The third-order valence-corrected chi connectivity index (χ3v) is 4.53. The molecular weight excluding hydrogens is 324 g/mol. The Bertz CT molecular complexity index is 832. The van der Waals surface area contributed by atoms with E-state index in [0.29, 0.717) is 17.7 Å². The molecule has 0 fully saturated rings. The fraction of sp³-hybridized carbons (Fsp3) is 0.278. The molecule has 0 radical (unpaired) electrons. The van der Waals surface area contributed by atoms with Crippen LogP contribution in [-0.2, 0) is 20.6 Å². The first-order chi connectivity index (χ1) is 11.2. The third kappa shape index (κ3) is 5.47. The molecule has 0 unspecified atom stereocenters. The van der Waals surface area contributed by atoms with Gasteiger partial charge in [-0.2, -0.15) is 0 Å². The van der Waals surface area contributed by atoms with Crippen LogP contribution < -0.4 is 10.5 Å². The minimum atomic E-state index is -3.59. The van der Waals surface area contributed by atoms with Crippen molar-refractivity contribution in [3.8, 4) is 0 Å². The molecule has 0 aliphatic rings. The van der Waals surface area contributed by atoms with Gasteiger partial charge in [-0.1, -0.05) is 43.3 Å². The number of nitrogens with one attached hydrogen (secondary N) is 1. The van der Waals surface area contributed by atoms with Crippen molar-refractivity contribution in [2.24, 2.45) is 5.14 Å². The highest BCUT2D eigenvalue weighted by Crippen LogP contribution is 2.23. The lowest BCUT2D eigenvalue weighted by atomic mass is 9.93. The summed E-state index contributed by atoms with van der Waals surface area (Å²) >= 11 is 0. The normalized spacial score (nSPS) is 12.6. The zero-order chi connectivity index (χ0) is 17.7. The monoisotopic (exact) mass is 346 g/mol. The highest BCUT2D eigenvalue weighted by atomic mass is 32.2. The van der Waals surface area contributed by atoms with E-state index in [4.69, 9.17) is 5.14 Å². The maximum atomic E-state index is 12.2. The Morgan fingerprint density at radius 3 is 2.54 bits per heavy atom. The average Bonchev–Trinajstić information content (AvgIpc) is 2.45. The van der Waals surface area contributed by atoms with Crippen molar-refractivity contribution in [1.82, 2.24) is 0 Å². The van der Waals surface area contributed by atoms with E-state index >= 15 is 0 Å². The fourth-order valence-electron chi connectivity index (χ4n) is 2.71. The number of amides is 1. The van der Waals surface area contributed by atoms with Crippen LogP contribution in [0.25, 0.3) is 0 Å². The van der Waals surface area contributed by atoms with Gasteiger partial charge in [0.15, 0.2) is 0 Å². The minimum Gasteiger partial charge on any atom is -0.326 e. The maximum Gasteiger partial charge on any atom is 0.224 e. The van der Waals surface area contributed by atoms with E-state index in [9.17, 15) is 13.2 Å². The van der Waals surface area contributed by atoms with Crippen molar-refractivity contribution in [1.29, 1.82) is 0 Å². The molecule has 0 aliphatic heterocycles. The number of anilines is 1. The zero-order valence-electron chi connectivity index (χ0n) is 13.8. The molecule has 0 saturated carbocycles. The molecule has 0 aromatic heterocycles. The lowest BCUT2D eigenvalue weighted by Gasteiger charge is -2.14. The average molecular weight is 346 g/mol. The number of primary sulfonamides is 1. The minimum absolute atomic E-state index is 0.0961. The summed E-state index contributed by atoms with van der Waals surface area (Å²) in [6.07, 6.45) is 0.351. The second-order valence-electron chi connectivity index (χ2n) is 6.02. The Balaban J connectivity index is 2.02. The zero-order valence-corrected chi connectivity index (χ0v) is 14.6. The molecule has 0 spiro atoms. The Morgan fingerprint density at radius 2 is 1.88 bits per heavy atom. The summed E-state index contributed by atoms with van der Waals surface area (Å²) in [5, 5.41) is 7.86. The number of hydrogen-bond donors (Lipinski definition) is 2. The standard InChI is InChI=1S/C18H22N2O3S/c1-13-6-3-4-9-17(13)14(2)10-18(21)20-16-8-5-7-15(11-16)12-24(19,22)23/h3-9,11,14H,10,12H2,1-2H3,(H,20,21)(H2,19,22,23)/t14-/m1/s1. The number of sulfonamides is 1. The van der Waals surface area contributed by atoms with Crippen molar-refractivity contribution in [2.75, 3.05) is 5.32 Å². The first kappa shape index (κ1) is 18.2. The first-order valence-electron chi connectivity index (χ1n) is 7.69. The second-order valence-corrected chi connectivity index (χ2v) is 7.63. The van der Waals surface area contributed by atoms with Gasteiger partial charge in [-0.05, 0) is 41.7 Å². The number of carbonyl (C=O) groups is 1. The summed E-state index contributed by atoms with van der Waals surface area (Å²) in [5.74, 6) is -0.270.